The Balaban J connectivity index is 1.78. The maximum absolute atomic E-state index is 12.2. The number of thiophene rings is 1. The van der Waals surface area contributed by atoms with Crippen molar-refractivity contribution in [1.29, 1.82) is 0 Å². The number of hydrogen-bond donors (Lipinski definition) is 2. The van der Waals surface area contributed by atoms with Gasteiger partial charge in [0.25, 0.3) is 11.8 Å². The number of benzene rings is 1. The highest BCUT2D eigenvalue weighted by molar-refractivity contribution is 7.12. The number of amides is 2. The zero-order valence-corrected chi connectivity index (χ0v) is 12.8. The lowest BCUT2D eigenvalue weighted by molar-refractivity contribution is 0.101. The van der Waals surface area contributed by atoms with Gasteiger partial charge in [0, 0.05) is 12.4 Å². The normalized spacial score (nSPS) is 10.1. The molecule has 2 N–H and O–H groups in total. The average molecular weight is 323 g/mol. The fraction of sp³-hybridized carbons (Fsp3) is 0. The van der Waals surface area contributed by atoms with Crippen molar-refractivity contribution in [2.75, 3.05) is 10.6 Å². The monoisotopic (exact) mass is 323 g/mol. The molecule has 3 rings (SSSR count). The van der Waals surface area contributed by atoms with Gasteiger partial charge in [0.05, 0.1) is 21.8 Å². The van der Waals surface area contributed by atoms with Crippen LogP contribution < -0.4 is 10.6 Å². The zero-order valence-electron chi connectivity index (χ0n) is 12.0. The van der Waals surface area contributed by atoms with E-state index in [2.05, 4.69) is 15.6 Å². The molecule has 6 heteroatoms. The second-order valence-corrected chi connectivity index (χ2v) is 5.62. The van der Waals surface area contributed by atoms with Crippen molar-refractivity contribution in [2.45, 2.75) is 0 Å². The summed E-state index contributed by atoms with van der Waals surface area (Å²) in [4.78, 5) is 28.9. The summed E-state index contributed by atoms with van der Waals surface area (Å²) in [5.41, 5.74) is 1.53. The molecule has 0 saturated heterocycles. The summed E-state index contributed by atoms with van der Waals surface area (Å²) in [6, 6.07) is 14.0. The van der Waals surface area contributed by atoms with Crippen molar-refractivity contribution in [3.05, 3.63) is 76.7 Å². The molecule has 0 bridgehead atoms. The minimum Gasteiger partial charge on any atom is -0.320 e. The summed E-state index contributed by atoms with van der Waals surface area (Å²) >= 11 is 1.36. The van der Waals surface area contributed by atoms with Gasteiger partial charge in [0.1, 0.15) is 0 Å². The van der Waals surface area contributed by atoms with Crippen LogP contribution in [0.5, 0.6) is 0 Å². The number of nitrogens with zero attached hydrogens (tertiary/aromatic N) is 1. The van der Waals surface area contributed by atoms with Crippen molar-refractivity contribution in [3.8, 4) is 0 Å². The SMILES string of the molecule is O=C(Nc1ccccc1NC(=O)c1cccs1)c1cccnc1. The standard InChI is InChI=1S/C17H13N3O2S/c21-16(12-5-3-9-18-11-12)19-13-6-1-2-7-14(13)20-17(22)15-8-4-10-23-15/h1-11H,(H,19,21)(H,20,22). The van der Waals surface area contributed by atoms with E-state index in [1.165, 1.54) is 17.5 Å². The number of rotatable bonds is 4. The van der Waals surface area contributed by atoms with Crippen molar-refractivity contribution >= 4 is 34.5 Å². The number of carbonyl (C=O) groups excluding carboxylic acids is 2. The maximum atomic E-state index is 12.2. The summed E-state index contributed by atoms with van der Waals surface area (Å²) < 4.78 is 0. The lowest BCUT2D eigenvalue weighted by Gasteiger charge is -2.11. The van der Waals surface area contributed by atoms with Crippen LogP contribution in [0.4, 0.5) is 11.4 Å². The molecule has 2 amide bonds. The van der Waals surface area contributed by atoms with Crippen LogP contribution in [-0.2, 0) is 0 Å². The molecule has 0 radical (unpaired) electrons. The number of carbonyl (C=O) groups is 2. The fourth-order valence-electron chi connectivity index (χ4n) is 1.98. The fourth-order valence-corrected chi connectivity index (χ4v) is 2.60. The Morgan fingerprint density at radius 3 is 2.22 bits per heavy atom. The third-order valence-corrected chi connectivity index (χ3v) is 3.96. The van der Waals surface area contributed by atoms with Gasteiger partial charge < -0.3 is 10.6 Å². The Kier molecular flexibility index (Phi) is 4.44. The quantitative estimate of drug-likeness (QED) is 0.770. The van der Waals surface area contributed by atoms with Crippen molar-refractivity contribution in [2.24, 2.45) is 0 Å². The zero-order chi connectivity index (χ0) is 16.1. The molecule has 0 fully saturated rings. The second kappa shape index (κ2) is 6.85. The highest BCUT2D eigenvalue weighted by atomic mass is 32.1. The highest BCUT2D eigenvalue weighted by Gasteiger charge is 2.12. The summed E-state index contributed by atoms with van der Waals surface area (Å²) in [5, 5.41) is 7.44. The molecule has 2 aromatic heterocycles. The minimum atomic E-state index is -0.282. The molecule has 1 aromatic carbocycles. The molecule has 0 saturated carbocycles. The Morgan fingerprint density at radius 2 is 1.61 bits per heavy atom. The van der Waals surface area contributed by atoms with Gasteiger partial charge in [-0.3, -0.25) is 14.6 Å². The van der Waals surface area contributed by atoms with E-state index in [1.807, 2.05) is 11.4 Å². The summed E-state index contributed by atoms with van der Waals surface area (Å²) in [6.45, 7) is 0. The topological polar surface area (TPSA) is 71.1 Å². The predicted octanol–water partition coefficient (Wildman–Crippen LogP) is 3.65. The molecule has 0 unspecified atom stereocenters. The molecule has 2 heterocycles. The first kappa shape index (κ1) is 14.9. The van der Waals surface area contributed by atoms with Crippen LogP contribution in [0.25, 0.3) is 0 Å². The van der Waals surface area contributed by atoms with Gasteiger partial charge in [-0.2, -0.15) is 0 Å². The van der Waals surface area contributed by atoms with Crippen LogP contribution in [-0.4, -0.2) is 16.8 Å². The number of aromatic nitrogens is 1. The van der Waals surface area contributed by atoms with E-state index < -0.39 is 0 Å². The molecule has 5 nitrogen and oxygen atoms in total. The maximum Gasteiger partial charge on any atom is 0.265 e. The first-order valence-electron chi connectivity index (χ1n) is 6.89. The third kappa shape index (κ3) is 3.61. The van der Waals surface area contributed by atoms with Crippen LogP contribution >= 0.6 is 11.3 Å². The molecule has 3 aromatic rings. The lowest BCUT2D eigenvalue weighted by Crippen LogP contribution is -2.16. The van der Waals surface area contributed by atoms with Crippen LogP contribution in [0.1, 0.15) is 20.0 Å². The average Bonchev–Trinajstić information content (AvgIpc) is 3.12. The number of nitrogens with one attached hydrogen (secondary N) is 2. The van der Waals surface area contributed by atoms with Gasteiger partial charge >= 0.3 is 0 Å². The molecule has 0 aliphatic carbocycles. The Morgan fingerprint density at radius 1 is 0.870 bits per heavy atom. The van der Waals surface area contributed by atoms with Gasteiger partial charge in [0.15, 0.2) is 0 Å². The Hall–Kier alpha value is -2.99. The van der Waals surface area contributed by atoms with E-state index in [0.717, 1.165) is 0 Å². The number of pyridine rings is 1. The van der Waals surface area contributed by atoms with Crippen LogP contribution in [0.15, 0.2) is 66.3 Å². The van der Waals surface area contributed by atoms with Crippen molar-refractivity contribution in [1.82, 2.24) is 4.98 Å². The molecular weight excluding hydrogens is 310 g/mol. The highest BCUT2D eigenvalue weighted by Crippen LogP contribution is 2.23. The Labute approximate surface area is 137 Å². The van der Waals surface area contributed by atoms with E-state index in [1.54, 1.807) is 48.7 Å². The van der Waals surface area contributed by atoms with Gasteiger partial charge in [-0.1, -0.05) is 18.2 Å². The lowest BCUT2D eigenvalue weighted by atomic mass is 10.2. The molecular formula is C17H13N3O2S. The van der Waals surface area contributed by atoms with E-state index in [4.69, 9.17) is 0 Å². The minimum absolute atomic E-state index is 0.205. The van der Waals surface area contributed by atoms with Gasteiger partial charge in [-0.15, -0.1) is 11.3 Å². The first-order valence-corrected chi connectivity index (χ1v) is 7.77. The molecule has 0 aliphatic heterocycles. The number of anilines is 2. The molecule has 0 spiro atoms. The molecule has 0 atom stereocenters. The van der Waals surface area contributed by atoms with E-state index in [0.29, 0.717) is 21.8 Å². The van der Waals surface area contributed by atoms with Crippen molar-refractivity contribution < 1.29 is 9.59 Å². The molecule has 0 aliphatic rings. The van der Waals surface area contributed by atoms with Crippen LogP contribution in [0.2, 0.25) is 0 Å². The number of para-hydroxylation sites is 2. The largest absolute Gasteiger partial charge is 0.320 e. The van der Waals surface area contributed by atoms with Crippen LogP contribution in [0.3, 0.4) is 0 Å². The Bertz CT molecular complexity index is 817. The third-order valence-electron chi connectivity index (χ3n) is 3.09. The van der Waals surface area contributed by atoms with Gasteiger partial charge in [-0.25, -0.2) is 0 Å². The molecule has 23 heavy (non-hydrogen) atoms. The summed E-state index contributed by atoms with van der Waals surface area (Å²) in [7, 11) is 0. The van der Waals surface area contributed by atoms with E-state index in [-0.39, 0.29) is 11.8 Å². The summed E-state index contributed by atoms with van der Waals surface area (Å²) in [6.07, 6.45) is 3.09. The smallest absolute Gasteiger partial charge is 0.265 e. The first-order chi connectivity index (χ1) is 11.2. The second-order valence-electron chi connectivity index (χ2n) is 4.67. The van der Waals surface area contributed by atoms with E-state index in [9.17, 15) is 9.59 Å². The van der Waals surface area contributed by atoms with Gasteiger partial charge in [0.2, 0.25) is 0 Å². The molecule has 114 valence electrons. The predicted molar refractivity (Wildman–Crippen MR) is 90.9 cm³/mol. The van der Waals surface area contributed by atoms with Crippen molar-refractivity contribution in [3.63, 3.8) is 0 Å². The summed E-state index contributed by atoms with van der Waals surface area (Å²) in [5.74, 6) is -0.487. The van der Waals surface area contributed by atoms with Gasteiger partial charge in [-0.05, 0) is 35.7 Å². The van der Waals surface area contributed by atoms with Crippen LogP contribution in [0, 0.1) is 0 Å². The number of hydrogen-bond acceptors (Lipinski definition) is 4. The van der Waals surface area contributed by atoms with E-state index >= 15 is 0 Å².